The average Bonchev–Trinajstić information content (AvgIpc) is 3.09. The molecule has 0 fully saturated rings. The molecule has 0 spiro atoms. The molecule has 0 atom stereocenters. The highest BCUT2D eigenvalue weighted by atomic mass is 16.6. The Hall–Kier alpha value is -0.770. The van der Waals surface area contributed by atoms with E-state index in [1.54, 1.807) is 0 Å². The Kier molecular flexibility index (Phi) is 43.5. The van der Waals surface area contributed by atoms with Crippen LogP contribution >= 0.6 is 0 Å². The molecule has 0 unspecified atom stereocenters. The van der Waals surface area contributed by atoms with Gasteiger partial charge in [0.05, 0.1) is 72.7 Å². The number of carbonyl (C=O) groups is 1. The van der Waals surface area contributed by atoms with Crippen LogP contribution in [0.2, 0.25) is 0 Å². The van der Waals surface area contributed by atoms with Crippen molar-refractivity contribution in [2.75, 3.05) is 85.9 Å². The average molecular weight is 689 g/mol. The van der Waals surface area contributed by atoms with Gasteiger partial charge in [0, 0.05) is 13.0 Å². The first-order valence-corrected chi connectivity index (χ1v) is 20.4. The molecule has 0 amide bonds. The number of hydrogen-bond donors (Lipinski definition) is 0. The summed E-state index contributed by atoms with van der Waals surface area (Å²) >= 11 is 0. The van der Waals surface area contributed by atoms with Crippen LogP contribution in [0.25, 0.3) is 0 Å². The second-order valence-corrected chi connectivity index (χ2v) is 13.1. The van der Waals surface area contributed by atoms with E-state index in [0.717, 1.165) is 25.9 Å². The number of carbonyl (C=O) groups excluding carboxylic acids is 1. The molecule has 288 valence electrons. The molecule has 0 aliphatic carbocycles. The number of rotatable bonds is 43. The zero-order valence-corrected chi connectivity index (χ0v) is 31.9. The van der Waals surface area contributed by atoms with Crippen molar-refractivity contribution in [3.8, 4) is 0 Å². The van der Waals surface area contributed by atoms with Gasteiger partial charge in [-0.05, 0) is 12.8 Å². The summed E-state index contributed by atoms with van der Waals surface area (Å²) in [7, 11) is 0. The lowest BCUT2D eigenvalue weighted by molar-refractivity contribution is -0.145. The van der Waals surface area contributed by atoms with Crippen molar-refractivity contribution >= 4 is 5.97 Å². The van der Waals surface area contributed by atoms with E-state index in [0.29, 0.717) is 85.7 Å². The second kappa shape index (κ2) is 44.3. The maximum atomic E-state index is 11.7. The van der Waals surface area contributed by atoms with E-state index in [4.69, 9.17) is 33.2 Å². The first-order chi connectivity index (χ1) is 23.8. The molecule has 0 saturated heterocycles. The van der Waals surface area contributed by atoms with Crippen molar-refractivity contribution in [1.29, 1.82) is 0 Å². The van der Waals surface area contributed by atoms with Gasteiger partial charge in [0.15, 0.2) is 0 Å². The van der Waals surface area contributed by atoms with Gasteiger partial charge in [-0.2, -0.15) is 0 Å². The van der Waals surface area contributed by atoms with Crippen molar-refractivity contribution in [3.63, 3.8) is 0 Å². The van der Waals surface area contributed by atoms with Gasteiger partial charge in [0.25, 0.3) is 0 Å². The molecule has 8 nitrogen and oxygen atoms in total. The maximum Gasteiger partial charge on any atom is 0.305 e. The third kappa shape index (κ3) is 43.3. The Morgan fingerprint density at radius 3 is 0.875 bits per heavy atom. The minimum absolute atomic E-state index is 0.127. The lowest BCUT2D eigenvalue weighted by Crippen LogP contribution is -2.15. The molecule has 48 heavy (non-hydrogen) atoms. The van der Waals surface area contributed by atoms with E-state index in [1.807, 2.05) is 0 Å². The van der Waals surface area contributed by atoms with Crippen LogP contribution in [0.5, 0.6) is 0 Å². The third-order valence-electron chi connectivity index (χ3n) is 8.48. The van der Waals surface area contributed by atoms with E-state index in [1.165, 1.54) is 128 Å². The molecule has 0 aromatic heterocycles. The standard InChI is InChI=1S/C40H80O8/c1-3-5-7-9-11-12-13-14-15-16-17-18-19-21-23-25-27-42-28-29-43-30-31-44-32-33-45-34-35-46-36-37-47-38-39-48-40(41)26-24-22-20-10-8-6-4-2/h3-39H2,1-2H3. The quantitative estimate of drug-likeness (QED) is 0.0463. The van der Waals surface area contributed by atoms with Crippen LogP contribution in [-0.2, 0) is 38.0 Å². The van der Waals surface area contributed by atoms with Crippen molar-refractivity contribution < 1.29 is 38.0 Å². The lowest BCUT2D eigenvalue weighted by Gasteiger charge is -2.08. The lowest BCUT2D eigenvalue weighted by atomic mass is 10.0. The summed E-state index contributed by atoms with van der Waals surface area (Å²) in [5.41, 5.74) is 0. The molecule has 0 saturated carbocycles. The predicted octanol–water partition coefficient (Wildman–Crippen LogP) is 10.0. The molecule has 0 radical (unpaired) electrons. The first kappa shape index (κ1) is 47.2. The Balaban J connectivity index is 3.09. The molecule has 0 aromatic rings. The first-order valence-electron chi connectivity index (χ1n) is 20.4. The van der Waals surface area contributed by atoms with Gasteiger partial charge in [-0.15, -0.1) is 0 Å². The molecule has 0 aromatic carbocycles. The molecule has 0 heterocycles. The van der Waals surface area contributed by atoms with E-state index in [-0.39, 0.29) is 5.97 Å². The van der Waals surface area contributed by atoms with Gasteiger partial charge >= 0.3 is 5.97 Å². The van der Waals surface area contributed by atoms with Crippen LogP contribution < -0.4 is 0 Å². The van der Waals surface area contributed by atoms with Crippen LogP contribution in [0, 0.1) is 0 Å². The fourth-order valence-corrected chi connectivity index (χ4v) is 5.47. The Morgan fingerprint density at radius 2 is 0.542 bits per heavy atom. The topological polar surface area (TPSA) is 81.7 Å². The van der Waals surface area contributed by atoms with Crippen molar-refractivity contribution in [3.05, 3.63) is 0 Å². The summed E-state index contributed by atoms with van der Waals surface area (Å²) in [6.45, 7) is 11.5. The molecular formula is C40H80O8. The van der Waals surface area contributed by atoms with Crippen LogP contribution in [0.4, 0.5) is 0 Å². The van der Waals surface area contributed by atoms with Gasteiger partial charge in [0.2, 0.25) is 0 Å². The Morgan fingerprint density at radius 1 is 0.292 bits per heavy atom. The fraction of sp³-hybridized carbons (Fsp3) is 0.975. The summed E-state index contributed by atoms with van der Waals surface area (Å²) in [6, 6.07) is 0. The summed E-state index contributed by atoms with van der Waals surface area (Å²) in [6.07, 6.45) is 31.1. The van der Waals surface area contributed by atoms with Crippen LogP contribution in [0.15, 0.2) is 0 Å². The van der Waals surface area contributed by atoms with Crippen molar-refractivity contribution in [2.45, 2.75) is 168 Å². The summed E-state index contributed by atoms with van der Waals surface area (Å²) in [5.74, 6) is -0.127. The molecule has 0 N–H and O–H groups in total. The zero-order valence-electron chi connectivity index (χ0n) is 31.9. The van der Waals surface area contributed by atoms with Crippen LogP contribution in [0.1, 0.15) is 168 Å². The molecular weight excluding hydrogens is 608 g/mol. The van der Waals surface area contributed by atoms with Crippen molar-refractivity contribution in [1.82, 2.24) is 0 Å². The number of unbranched alkanes of at least 4 members (excludes halogenated alkanes) is 21. The molecule has 0 aliphatic heterocycles. The number of ether oxygens (including phenoxy) is 7. The minimum Gasteiger partial charge on any atom is -0.463 e. The van der Waals surface area contributed by atoms with E-state index >= 15 is 0 Å². The van der Waals surface area contributed by atoms with Gasteiger partial charge < -0.3 is 33.2 Å². The number of esters is 1. The third-order valence-corrected chi connectivity index (χ3v) is 8.48. The predicted molar refractivity (Wildman–Crippen MR) is 198 cm³/mol. The Labute approximate surface area is 297 Å². The van der Waals surface area contributed by atoms with Crippen LogP contribution in [-0.4, -0.2) is 91.9 Å². The highest BCUT2D eigenvalue weighted by molar-refractivity contribution is 5.69. The van der Waals surface area contributed by atoms with Gasteiger partial charge in [-0.3, -0.25) is 4.79 Å². The minimum atomic E-state index is -0.127. The number of hydrogen-bond acceptors (Lipinski definition) is 8. The van der Waals surface area contributed by atoms with Gasteiger partial charge in [-0.25, -0.2) is 0 Å². The monoisotopic (exact) mass is 689 g/mol. The normalized spacial score (nSPS) is 11.5. The highest BCUT2D eigenvalue weighted by Gasteiger charge is 2.03. The summed E-state index contributed by atoms with van der Waals surface area (Å²) < 4.78 is 38.5. The van der Waals surface area contributed by atoms with Gasteiger partial charge in [0.1, 0.15) is 6.61 Å². The SMILES string of the molecule is CCCCCCCCCCCCCCCCCCOCCOCCOCCOCCOCCOCCOC(=O)CCCCCCCCC. The molecule has 0 rings (SSSR count). The smallest absolute Gasteiger partial charge is 0.305 e. The summed E-state index contributed by atoms with van der Waals surface area (Å²) in [5, 5.41) is 0. The highest BCUT2D eigenvalue weighted by Crippen LogP contribution is 2.14. The zero-order chi connectivity index (χ0) is 34.7. The second-order valence-electron chi connectivity index (χ2n) is 13.1. The van der Waals surface area contributed by atoms with E-state index < -0.39 is 0 Å². The van der Waals surface area contributed by atoms with Gasteiger partial charge in [-0.1, -0.05) is 149 Å². The largest absolute Gasteiger partial charge is 0.463 e. The Bertz CT molecular complexity index is 592. The molecule has 0 aliphatic rings. The van der Waals surface area contributed by atoms with Crippen LogP contribution in [0.3, 0.4) is 0 Å². The fourth-order valence-electron chi connectivity index (χ4n) is 5.47. The van der Waals surface area contributed by atoms with Crippen molar-refractivity contribution in [2.24, 2.45) is 0 Å². The maximum absolute atomic E-state index is 11.7. The van der Waals surface area contributed by atoms with E-state index in [9.17, 15) is 4.79 Å². The molecule has 0 bridgehead atoms. The summed E-state index contributed by atoms with van der Waals surface area (Å²) in [4.78, 5) is 11.7. The molecule has 8 heteroatoms. The van der Waals surface area contributed by atoms with E-state index in [2.05, 4.69) is 13.8 Å².